The lowest BCUT2D eigenvalue weighted by molar-refractivity contribution is -0.000919. The molecule has 6 heteroatoms. The number of rotatable bonds is 4. The second kappa shape index (κ2) is 7.66. The highest BCUT2D eigenvalue weighted by Gasteiger charge is 2.31. The van der Waals surface area contributed by atoms with Crippen LogP contribution in [-0.2, 0) is 11.2 Å². The van der Waals surface area contributed by atoms with Crippen LogP contribution in [0.4, 0.5) is 0 Å². The van der Waals surface area contributed by atoms with Crippen molar-refractivity contribution in [1.82, 2.24) is 9.88 Å². The molecule has 3 aliphatic rings. The summed E-state index contributed by atoms with van der Waals surface area (Å²) in [6, 6.07) is 2.71. The minimum atomic E-state index is 0.220. The third kappa shape index (κ3) is 3.37. The minimum absolute atomic E-state index is 0.220. The van der Waals surface area contributed by atoms with E-state index in [1.165, 1.54) is 28.7 Å². The number of aliphatic hydroxyl groups excluding tert-OH is 1. The van der Waals surface area contributed by atoms with Gasteiger partial charge in [-0.1, -0.05) is 0 Å². The van der Waals surface area contributed by atoms with Crippen LogP contribution in [0.15, 0.2) is 12.3 Å². The van der Waals surface area contributed by atoms with E-state index in [0.717, 1.165) is 62.6 Å². The minimum Gasteiger partial charge on any atom is -0.490 e. The first-order chi connectivity index (χ1) is 13.3. The quantitative estimate of drug-likeness (QED) is 0.871. The van der Waals surface area contributed by atoms with Crippen LogP contribution in [0.3, 0.4) is 0 Å². The molecule has 1 saturated carbocycles. The highest BCUT2D eigenvalue weighted by Crippen LogP contribution is 2.46. The number of nitrogens with zero attached hydrogens (tertiary/aromatic N) is 2. The summed E-state index contributed by atoms with van der Waals surface area (Å²) in [7, 11) is 0. The summed E-state index contributed by atoms with van der Waals surface area (Å²) in [5.41, 5.74) is 1.31. The lowest BCUT2D eigenvalue weighted by Gasteiger charge is -2.38. The lowest BCUT2D eigenvalue weighted by atomic mass is 9.91. The molecule has 0 aromatic carbocycles. The predicted octanol–water partition coefficient (Wildman–Crippen LogP) is 3.34. The van der Waals surface area contributed by atoms with Gasteiger partial charge in [-0.05, 0) is 50.2 Å². The van der Waals surface area contributed by atoms with E-state index in [9.17, 15) is 5.11 Å². The van der Waals surface area contributed by atoms with Gasteiger partial charge in [-0.3, -0.25) is 4.90 Å². The zero-order chi connectivity index (χ0) is 18.2. The van der Waals surface area contributed by atoms with Gasteiger partial charge in [0.25, 0.3) is 0 Å². The molecule has 0 radical (unpaired) electrons. The normalized spacial score (nSPS) is 29.1. The van der Waals surface area contributed by atoms with Gasteiger partial charge < -0.3 is 14.6 Å². The first-order valence-electron chi connectivity index (χ1n) is 10.3. The van der Waals surface area contributed by atoms with Crippen molar-refractivity contribution in [3.63, 3.8) is 0 Å². The summed E-state index contributed by atoms with van der Waals surface area (Å²) < 4.78 is 12.0. The molecule has 1 saturated heterocycles. The largest absolute Gasteiger partial charge is 0.490 e. The monoisotopic (exact) mass is 388 g/mol. The van der Waals surface area contributed by atoms with Crippen LogP contribution in [-0.4, -0.2) is 60.0 Å². The standard InChI is InChI=1S/C21H28N2O3S/c24-13-14-1-6-18-19(14)20-17(7-8-22-21(20)27-18)26-16-4-2-15(3-5-16)23-9-11-25-12-10-23/h7-8,14-16,24H,1-6,9-13H2/t14-,15?,16?/m1/s1. The molecule has 1 atom stereocenters. The molecule has 2 aliphatic carbocycles. The Labute approximate surface area is 164 Å². The third-order valence-corrected chi connectivity index (χ3v) is 7.69. The van der Waals surface area contributed by atoms with Crippen LogP contribution >= 0.6 is 11.3 Å². The van der Waals surface area contributed by atoms with Gasteiger partial charge in [-0.15, -0.1) is 11.3 Å². The van der Waals surface area contributed by atoms with E-state index in [1.807, 2.05) is 12.3 Å². The van der Waals surface area contributed by atoms with Gasteiger partial charge in [0, 0.05) is 36.1 Å². The smallest absolute Gasteiger partial charge is 0.131 e. The van der Waals surface area contributed by atoms with E-state index in [4.69, 9.17) is 9.47 Å². The molecule has 5 rings (SSSR count). The van der Waals surface area contributed by atoms with Gasteiger partial charge in [0.05, 0.1) is 31.3 Å². The fourth-order valence-corrected chi connectivity index (χ4v) is 6.32. The van der Waals surface area contributed by atoms with Crippen molar-refractivity contribution in [2.75, 3.05) is 32.9 Å². The predicted molar refractivity (Wildman–Crippen MR) is 107 cm³/mol. The molecule has 2 aromatic rings. The molecule has 2 fully saturated rings. The fraction of sp³-hybridized carbons (Fsp3) is 0.667. The Kier molecular flexibility index (Phi) is 5.07. The maximum absolute atomic E-state index is 9.79. The van der Waals surface area contributed by atoms with Crippen LogP contribution in [0.1, 0.15) is 48.5 Å². The van der Waals surface area contributed by atoms with Gasteiger partial charge >= 0.3 is 0 Å². The molecule has 27 heavy (non-hydrogen) atoms. The number of hydrogen-bond donors (Lipinski definition) is 1. The first kappa shape index (κ1) is 17.9. The number of hydrogen-bond acceptors (Lipinski definition) is 6. The second-order valence-electron chi connectivity index (χ2n) is 8.04. The van der Waals surface area contributed by atoms with Crippen molar-refractivity contribution >= 4 is 21.6 Å². The Bertz CT molecular complexity index is 794. The zero-order valence-electron chi connectivity index (χ0n) is 15.7. The number of thiophene rings is 1. The maximum Gasteiger partial charge on any atom is 0.131 e. The van der Waals surface area contributed by atoms with E-state index in [0.29, 0.717) is 6.04 Å². The van der Waals surface area contributed by atoms with Gasteiger partial charge in [-0.2, -0.15) is 0 Å². The fourth-order valence-electron chi connectivity index (χ4n) is 5.06. The number of aliphatic hydroxyl groups is 1. The maximum atomic E-state index is 9.79. The van der Waals surface area contributed by atoms with Crippen molar-refractivity contribution in [1.29, 1.82) is 0 Å². The molecule has 3 heterocycles. The number of pyridine rings is 1. The van der Waals surface area contributed by atoms with Crippen molar-refractivity contribution in [3.05, 3.63) is 22.7 Å². The summed E-state index contributed by atoms with van der Waals surface area (Å²) in [5.74, 6) is 1.23. The molecule has 0 unspecified atom stereocenters. The van der Waals surface area contributed by atoms with E-state index in [-0.39, 0.29) is 18.6 Å². The molecule has 0 spiro atoms. The SMILES string of the molecule is OC[C@H]1CCc2sc3nccc(OC4CCC(N5CCOCC5)CC4)c3c21. The average Bonchev–Trinajstić information content (AvgIpc) is 3.28. The lowest BCUT2D eigenvalue weighted by Crippen LogP contribution is -2.46. The second-order valence-corrected chi connectivity index (χ2v) is 9.13. The molecule has 146 valence electrons. The molecule has 2 aromatic heterocycles. The number of ether oxygens (including phenoxy) is 2. The molecule has 0 bridgehead atoms. The molecular formula is C21H28N2O3S. The van der Waals surface area contributed by atoms with Crippen LogP contribution in [0.25, 0.3) is 10.2 Å². The highest BCUT2D eigenvalue weighted by atomic mass is 32.1. The topological polar surface area (TPSA) is 54.8 Å². The Morgan fingerprint density at radius 3 is 2.78 bits per heavy atom. The number of aryl methyl sites for hydroxylation is 1. The highest BCUT2D eigenvalue weighted by molar-refractivity contribution is 7.19. The van der Waals surface area contributed by atoms with Gasteiger partial charge in [0.15, 0.2) is 0 Å². The molecule has 1 aliphatic heterocycles. The third-order valence-electron chi connectivity index (χ3n) is 6.52. The molecule has 5 nitrogen and oxygen atoms in total. The Morgan fingerprint density at radius 2 is 2.00 bits per heavy atom. The Balaban J connectivity index is 1.31. The number of aromatic nitrogens is 1. The molecular weight excluding hydrogens is 360 g/mol. The average molecular weight is 389 g/mol. The van der Waals surface area contributed by atoms with Crippen LogP contribution < -0.4 is 4.74 Å². The Hall–Kier alpha value is -1.21. The van der Waals surface area contributed by atoms with E-state index in [1.54, 1.807) is 11.3 Å². The van der Waals surface area contributed by atoms with Crippen molar-refractivity contribution in [2.24, 2.45) is 0 Å². The Morgan fingerprint density at radius 1 is 1.19 bits per heavy atom. The summed E-state index contributed by atoms with van der Waals surface area (Å²) in [6.07, 6.45) is 8.91. The molecule has 0 amide bonds. The van der Waals surface area contributed by atoms with Crippen LogP contribution in [0, 0.1) is 0 Å². The van der Waals surface area contributed by atoms with Crippen molar-refractivity contribution in [2.45, 2.75) is 56.6 Å². The summed E-state index contributed by atoms with van der Waals surface area (Å²) in [4.78, 5) is 9.64. The van der Waals surface area contributed by atoms with E-state index in [2.05, 4.69) is 9.88 Å². The summed E-state index contributed by atoms with van der Waals surface area (Å²) in [5, 5.41) is 11.0. The van der Waals surface area contributed by atoms with Crippen LogP contribution in [0.5, 0.6) is 5.75 Å². The van der Waals surface area contributed by atoms with Gasteiger partial charge in [0.1, 0.15) is 10.6 Å². The summed E-state index contributed by atoms with van der Waals surface area (Å²) in [6.45, 7) is 4.12. The van der Waals surface area contributed by atoms with Gasteiger partial charge in [-0.25, -0.2) is 4.98 Å². The van der Waals surface area contributed by atoms with E-state index >= 15 is 0 Å². The van der Waals surface area contributed by atoms with Crippen molar-refractivity contribution in [3.8, 4) is 5.75 Å². The zero-order valence-corrected chi connectivity index (χ0v) is 16.5. The van der Waals surface area contributed by atoms with E-state index < -0.39 is 0 Å². The van der Waals surface area contributed by atoms with Crippen LogP contribution in [0.2, 0.25) is 0 Å². The number of fused-ring (bicyclic) bond motifs is 3. The number of morpholine rings is 1. The molecule has 1 N–H and O–H groups in total. The van der Waals surface area contributed by atoms with Crippen molar-refractivity contribution < 1.29 is 14.6 Å². The summed E-state index contributed by atoms with van der Waals surface area (Å²) >= 11 is 1.78. The van der Waals surface area contributed by atoms with Gasteiger partial charge in [0.2, 0.25) is 0 Å². The first-order valence-corrected chi connectivity index (χ1v) is 11.1.